The maximum atomic E-state index is 12.9. The Kier molecular flexibility index (Phi) is 5.15. The van der Waals surface area contributed by atoms with Crippen LogP contribution in [0.15, 0.2) is 48.9 Å². The number of aromatic nitrogens is 2. The van der Waals surface area contributed by atoms with Crippen molar-refractivity contribution in [1.29, 1.82) is 0 Å². The van der Waals surface area contributed by atoms with Crippen LogP contribution in [0.4, 0.5) is 0 Å². The van der Waals surface area contributed by atoms with Gasteiger partial charge in [-0.25, -0.2) is 9.78 Å². The van der Waals surface area contributed by atoms with E-state index < -0.39 is 12.1 Å². The number of esters is 1. The molecule has 2 heterocycles. The Balaban J connectivity index is 1.82. The zero-order valence-corrected chi connectivity index (χ0v) is 13.3. The van der Waals surface area contributed by atoms with Crippen molar-refractivity contribution in [1.82, 2.24) is 14.9 Å². The van der Waals surface area contributed by atoms with Crippen LogP contribution >= 0.6 is 0 Å². The van der Waals surface area contributed by atoms with Gasteiger partial charge in [0.25, 0.3) is 5.91 Å². The van der Waals surface area contributed by atoms with E-state index in [9.17, 15) is 9.59 Å². The maximum Gasteiger partial charge on any atom is 0.359 e. The number of piperidine rings is 1. The molecule has 1 aromatic carbocycles. The number of amides is 1. The van der Waals surface area contributed by atoms with Crippen molar-refractivity contribution in [2.75, 3.05) is 13.1 Å². The minimum absolute atomic E-state index is 0.0878. The molecule has 6 nitrogen and oxygen atoms in total. The van der Waals surface area contributed by atoms with Crippen LogP contribution in [-0.4, -0.2) is 39.8 Å². The molecule has 0 N–H and O–H groups in total. The van der Waals surface area contributed by atoms with Crippen LogP contribution in [0.5, 0.6) is 0 Å². The van der Waals surface area contributed by atoms with Crippen molar-refractivity contribution < 1.29 is 14.3 Å². The fraction of sp³-hybridized carbons (Fsp3) is 0.333. The summed E-state index contributed by atoms with van der Waals surface area (Å²) < 4.78 is 5.50. The molecule has 1 amide bonds. The first-order valence-electron chi connectivity index (χ1n) is 8.06. The molecule has 1 fully saturated rings. The van der Waals surface area contributed by atoms with E-state index in [2.05, 4.69) is 9.97 Å². The number of carbonyl (C=O) groups is 2. The molecule has 3 rings (SSSR count). The molecule has 0 aliphatic carbocycles. The lowest BCUT2D eigenvalue weighted by molar-refractivity contribution is -0.142. The smallest absolute Gasteiger partial charge is 0.359 e. The standard InChI is InChI=1S/C18H19N3O3/c22-17(21-11-5-2-6-12-21)16(14-7-3-1-4-8-14)24-18(23)15-13-19-9-10-20-15/h1,3-4,7-10,13,16H,2,5-6,11-12H2. The fourth-order valence-electron chi connectivity index (χ4n) is 2.74. The molecule has 0 spiro atoms. The minimum Gasteiger partial charge on any atom is -0.443 e. The third-order valence-corrected chi connectivity index (χ3v) is 3.99. The Morgan fingerprint density at radius 1 is 1.04 bits per heavy atom. The van der Waals surface area contributed by atoms with Gasteiger partial charge in [0, 0.05) is 31.0 Å². The SMILES string of the molecule is O=C(OC(C(=O)N1CCCCC1)c1ccccc1)c1cnccn1. The van der Waals surface area contributed by atoms with Gasteiger partial charge in [-0.15, -0.1) is 0 Å². The van der Waals surface area contributed by atoms with Crippen molar-refractivity contribution in [3.63, 3.8) is 0 Å². The van der Waals surface area contributed by atoms with Gasteiger partial charge in [0.1, 0.15) is 0 Å². The highest BCUT2D eigenvalue weighted by Gasteiger charge is 2.30. The molecule has 1 aromatic heterocycles. The van der Waals surface area contributed by atoms with E-state index in [-0.39, 0.29) is 11.6 Å². The summed E-state index contributed by atoms with van der Waals surface area (Å²) in [6.45, 7) is 1.40. The molecule has 0 bridgehead atoms. The predicted molar refractivity (Wildman–Crippen MR) is 87.1 cm³/mol. The van der Waals surface area contributed by atoms with Crippen LogP contribution in [0.1, 0.15) is 41.4 Å². The molecule has 0 saturated carbocycles. The van der Waals surface area contributed by atoms with Crippen molar-refractivity contribution in [2.45, 2.75) is 25.4 Å². The quantitative estimate of drug-likeness (QED) is 0.807. The van der Waals surface area contributed by atoms with Gasteiger partial charge in [0.2, 0.25) is 6.10 Å². The van der Waals surface area contributed by atoms with Gasteiger partial charge in [-0.3, -0.25) is 9.78 Å². The minimum atomic E-state index is -0.959. The highest BCUT2D eigenvalue weighted by molar-refractivity contribution is 5.91. The van der Waals surface area contributed by atoms with Crippen molar-refractivity contribution in [3.8, 4) is 0 Å². The topological polar surface area (TPSA) is 72.4 Å². The molecule has 1 aliphatic rings. The molecule has 6 heteroatoms. The lowest BCUT2D eigenvalue weighted by atomic mass is 10.1. The van der Waals surface area contributed by atoms with Gasteiger partial charge in [-0.1, -0.05) is 30.3 Å². The largest absolute Gasteiger partial charge is 0.443 e. The number of hydrogen-bond acceptors (Lipinski definition) is 5. The Hall–Kier alpha value is -2.76. The number of nitrogens with zero attached hydrogens (tertiary/aromatic N) is 3. The first-order chi connectivity index (χ1) is 11.8. The molecule has 1 aliphatic heterocycles. The summed E-state index contributed by atoms with van der Waals surface area (Å²) in [6.07, 6.45) is 6.34. The number of likely N-dealkylation sites (tertiary alicyclic amines) is 1. The number of rotatable bonds is 4. The summed E-state index contributed by atoms with van der Waals surface area (Å²) in [5.41, 5.74) is 0.746. The van der Waals surface area contributed by atoms with Gasteiger partial charge in [0.05, 0.1) is 6.20 Å². The van der Waals surface area contributed by atoms with Crippen LogP contribution in [0.2, 0.25) is 0 Å². The van der Waals surface area contributed by atoms with E-state index in [1.54, 1.807) is 17.0 Å². The van der Waals surface area contributed by atoms with Gasteiger partial charge in [-0.2, -0.15) is 0 Å². The van der Waals surface area contributed by atoms with E-state index in [0.717, 1.165) is 19.3 Å². The molecular formula is C18H19N3O3. The monoisotopic (exact) mass is 325 g/mol. The van der Waals surface area contributed by atoms with Gasteiger partial charge in [-0.05, 0) is 19.3 Å². The van der Waals surface area contributed by atoms with Gasteiger partial charge < -0.3 is 9.64 Å². The molecule has 2 aromatic rings. The lowest BCUT2D eigenvalue weighted by Gasteiger charge is -2.30. The zero-order valence-electron chi connectivity index (χ0n) is 13.3. The van der Waals surface area contributed by atoms with E-state index in [1.165, 1.54) is 18.6 Å². The van der Waals surface area contributed by atoms with Crippen LogP contribution in [0.25, 0.3) is 0 Å². The Bertz CT molecular complexity index is 685. The fourth-order valence-corrected chi connectivity index (χ4v) is 2.74. The summed E-state index contributed by atoms with van der Waals surface area (Å²) in [5.74, 6) is -0.833. The van der Waals surface area contributed by atoms with Crippen LogP contribution in [-0.2, 0) is 9.53 Å². The van der Waals surface area contributed by atoms with Gasteiger partial charge in [0.15, 0.2) is 5.69 Å². The Morgan fingerprint density at radius 2 is 1.79 bits per heavy atom. The number of benzene rings is 1. The number of hydrogen-bond donors (Lipinski definition) is 0. The summed E-state index contributed by atoms with van der Waals surface area (Å²) in [6, 6.07) is 9.08. The number of ether oxygens (including phenoxy) is 1. The highest BCUT2D eigenvalue weighted by atomic mass is 16.5. The van der Waals surface area contributed by atoms with Crippen molar-refractivity contribution in [2.24, 2.45) is 0 Å². The summed E-state index contributed by atoms with van der Waals surface area (Å²) in [7, 11) is 0. The van der Waals surface area contributed by atoms with E-state index in [0.29, 0.717) is 18.7 Å². The highest BCUT2D eigenvalue weighted by Crippen LogP contribution is 2.23. The molecule has 124 valence electrons. The average Bonchev–Trinajstić information content (AvgIpc) is 2.67. The first kappa shape index (κ1) is 16.1. The third-order valence-electron chi connectivity index (χ3n) is 3.99. The lowest BCUT2D eigenvalue weighted by Crippen LogP contribution is -2.40. The molecule has 1 saturated heterocycles. The zero-order chi connectivity index (χ0) is 16.8. The van der Waals surface area contributed by atoms with Crippen LogP contribution < -0.4 is 0 Å². The Labute approximate surface area is 140 Å². The second-order valence-corrected chi connectivity index (χ2v) is 5.67. The third kappa shape index (κ3) is 3.76. The average molecular weight is 325 g/mol. The van der Waals surface area contributed by atoms with Crippen LogP contribution in [0.3, 0.4) is 0 Å². The molecule has 1 unspecified atom stereocenters. The number of carbonyl (C=O) groups excluding carboxylic acids is 2. The summed E-state index contributed by atoms with van der Waals surface area (Å²) in [4.78, 5) is 34.8. The van der Waals surface area contributed by atoms with E-state index in [1.807, 2.05) is 18.2 Å². The summed E-state index contributed by atoms with van der Waals surface area (Å²) in [5, 5.41) is 0. The van der Waals surface area contributed by atoms with Crippen LogP contribution in [0, 0.1) is 0 Å². The van der Waals surface area contributed by atoms with E-state index in [4.69, 9.17) is 4.74 Å². The second kappa shape index (κ2) is 7.68. The maximum absolute atomic E-state index is 12.9. The predicted octanol–water partition coefficient (Wildman–Crippen LogP) is 2.39. The Morgan fingerprint density at radius 3 is 2.46 bits per heavy atom. The summed E-state index contributed by atoms with van der Waals surface area (Å²) >= 11 is 0. The van der Waals surface area contributed by atoms with Gasteiger partial charge >= 0.3 is 5.97 Å². The van der Waals surface area contributed by atoms with Crippen molar-refractivity contribution in [3.05, 3.63) is 60.2 Å². The molecular weight excluding hydrogens is 306 g/mol. The normalized spacial score (nSPS) is 15.6. The molecule has 0 radical (unpaired) electrons. The first-order valence-corrected chi connectivity index (χ1v) is 8.06. The van der Waals surface area contributed by atoms with Crippen molar-refractivity contribution >= 4 is 11.9 Å². The van der Waals surface area contributed by atoms with E-state index >= 15 is 0 Å². The molecule has 1 atom stereocenters. The molecule has 24 heavy (non-hydrogen) atoms. The second-order valence-electron chi connectivity index (χ2n) is 5.67.